The molecule has 2 amide bonds. The fourth-order valence-corrected chi connectivity index (χ4v) is 5.68. The van der Waals surface area contributed by atoms with Gasteiger partial charge in [-0.3, -0.25) is 13.9 Å². The first-order chi connectivity index (χ1) is 18.9. The van der Waals surface area contributed by atoms with Gasteiger partial charge in [-0.2, -0.15) is 0 Å². The third-order valence-corrected chi connectivity index (χ3v) is 8.51. The molecule has 0 saturated heterocycles. The minimum Gasteiger partial charge on any atom is -0.354 e. The summed E-state index contributed by atoms with van der Waals surface area (Å²) in [5, 5.41) is 2.89. The maximum atomic E-state index is 14.0. The van der Waals surface area contributed by atoms with E-state index in [0.29, 0.717) is 24.2 Å². The molecule has 0 aliphatic rings. The lowest BCUT2D eigenvalue weighted by atomic mass is 10.1. The van der Waals surface area contributed by atoms with Crippen LogP contribution in [0.2, 0.25) is 0 Å². The summed E-state index contributed by atoms with van der Waals surface area (Å²) in [4.78, 5) is 28.7. The van der Waals surface area contributed by atoms with Gasteiger partial charge < -0.3 is 10.2 Å². The molecule has 40 heavy (non-hydrogen) atoms. The van der Waals surface area contributed by atoms with Gasteiger partial charge in [0.25, 0.3) is 10.0 Å². The van der Waals surface area contributed by atoms with Crippen LogP contribution in [0.4, 0.5) is 10.1 Å². The molecule has 1 atom stereocenters. The summed E-state index contributed by atoms with van der Waals surface area (Å²) in [6.45, 7) is 9.47. The number of benzene rings is 3. The zero-order valence-electron chi connectivity index (χ0n) is 23.7. The van der Waals surface area contributed by atoms with Crippen LogP contribution < -0.4 is 9.62 Å². The zero-order valence-corrected chi connectivity index (χ0v) is 24.5. The van der Waals surface area contributed by atoms with Crippen molar-refractivity contribution in [3.05, 3.63) is 95.3 Å². The molecule has 0 unspecified atom stereocenters. The van der Waals surface area contributed by atoms with Gasteiger partial charge in [0.15, 0.2) is 0 Å². The van der Waals surface area contributed by atoms with E-state index in [1.807, 2.05) is 33.8 Å². The number of aryl methyl sites for hydroxylation is 2. The molecule has 3 rings (SSSR count). The fourth-order valence-electron chi connectivity index (χ4n) is 4.26. The van der Waals surface area contributed by atoms with E-state index in [2.05, 4.69) is 5.32 Å². The zero-order chi connectivity index (χ0) is 29.4. The highest BCUT2D eigenvalue weighted by molar-refractivity contribution is 7.92. The van der Waals surface area contributed by atoms with Crippen LogP contribution >= 0.6 is 0 Å². The molecule has 9 heteroatoms. The molecule has 0 radical (unpaired) electrons. The van der Waals surface area contributed by atoms with Crippen molar-refractivity contribution in [1.29, 1.82) is 0 Å². The van der Waals surface area contributed by atoms with Crippen LogP contribution in [-0.4, -0.2) is 44.3 Å². The van der Waals surface area contributed by atoms with Crippen molar-refractivity contribution in [2.45, 2.75) is 58.5 Å². The number of carbonyl (C=O) groups excluding carboxylic acids is 2. The highest BCUT2D eigenvalue weighted by atomic mass is 32.2. The van der Waals surface area contributed by atoms with Crippen LogP contribution in [0.15, 0.2) is 77.7 Å². The van der Waals surface area contributed by atoms with Crippen molar-refractivity contribution < 1.29 is 22.4 Å². The number of sulfonamides is 1. The molecule has 0 fully saturated rings. The second kappa shape index (κ2) is 13.6. The molecular weight excluding hydrogens is 529 g/mol. The second-order valence-corrected chi connectivity index (χ2v) is 12.2. The predicted molar refractivity (Wildman–Crippen MR) is 156 cm³/mol. The maximum Gasteiger partial charge on any atom is 0.264 e. The van der Waals surface area contributed by atoms with Crippen LogP contribution in [0.3, 0.4) is 0 Å². The summed E-state index contributed by atoms with van der Waals surface area (Å²) < 4.78 is 42.4. The molecule has 214 valence electrons. The summed E-state index contributed by atoms with van der Waals surface area (Å²) in [5.41, 5.74) is 2.83. The van der Waals surface area contributed by atoms with Gasteiger partial charge in [-0.15, -0.1) is 0 Å². The average Bonchev–Trinajstić information content (AvgIpc) is 2.93. The van der Waals surface area contributed by atoms with E-state index in [1.165, 1.54) is 29.2 Å². The topological polar surface area (TPSA) is 86.8 Å². The van der Waals surface area contributed by atoms with Crippen LogP contribution in [0, 0.1) is 25.6 Å². The van der Waals surface area contributed by atoms with Gasteiger partial charge in [-0.25, -0.2) is 12.8 Å². The average molecular weight is 568 g/mol. The van der Waals surface area contributed by atoms with E-state index in [-0.39, 0.29) is 23.3 Å². The monoisotopic (exact) mass is 567 g/mol. The molecule has 0 aliphatic heterocycles. The first-order valence-electron chi connectivity index (χ1n) is 13.4. The van der Waals surface area contributed by atoms with Crippen molar-refractivity contribution in [1.82, 2.24) is 10.2 Å². The van der Waals surface area contributed by atoms with Crippen molar-refractivity contribution in [3.8, 4) is 0 Å². The number of amides is 2. The van der Waals surface area contributed by atoms with Gasteiger partial charge >= 0.3 is 0 Å². The largest absolute Gasteiger partial charge is 0.354 e. The van der Waals surface area contributed by atoms with Gasteiger partial charge in [0.1, 0.15) is 18.4 Å². The molecule has 0 aliphatic carbocycles. The Kier molecular flexibility index (Phi) is 10.5. The van der Waals surface area contributed by atoms with Crippen molar-refractivity contribution in [3.63, 3.8) is 0 Å². The van der Waals surface area contributed by atoms with Crippen LogP contribution in [-0.2, 0) is 26.2 Å². The quantitative estimate of drug-likeness (QED) is 0.325. The SMILES string of the molecule is CC[C@@H](C(=O)NCC(C)C)N(Cc1ccc(F)cc1)C(=O)CN(c1ccc(C)c(C)c1)S(=O)(=O)c1ccccc1. The number of nitrogens with zero attached hydrogens (tertiary/aromatic N) is 2. The van der Waals surface area contributed by atoms with E-state index in [9.17, 15) is 22.4 Å². The number of carbonyl (C=O) groups is 2. The lowest BCUT2D eigenvalue weighted by molar-refractivity contribution is -0.140. The number of rotatable bonds is 12. The Morgan fingerprint density at radius 1 is 0.925 bits per heavy atom. The number of halogens is 1. The first-order valence-corrected chi connectivity index (χ1v) is 14.8. The minimum atomic E-state index is -4.13. The molecule has 0 bridgehead atoms. The number of hydrogen-bond donors (Lipinski definition) is 1. The van der Waals surface area contributed by atoms with E-state index >= 15 is 0 Å². The Labute approximate surface area is 237 Å². The Bertz CT molecular complexity index is 1410. The van der Waals surface area contributed by atoms with Crippen LogP contribution in [0.25, 0.3) is 0 Å². The molecule has 3 aromatic carbocycles. The number of hydrogen-bond acceptors (Lipinski definition) is 4. The summed E-state index contributed by atoms with van der Waals surface area (Å²) >= 11 is 0. The van der Waals surface area contributed by atoms with E-state index < -0.39 is 34.3 Å². The van der Waals surface area contributed by atoms with Crippen LogP contribution in [0.1, 0.15) is 43.9 Å². The Hall–Kier alpha value is -3.72. The van der Waals surface area contributed by atoms with E-state index in [1.54, 1.807) is 49.4 Å². The predicted octanol–water partition coefficient (Wildman–Crippen LogP) is 5.22. The van der Waals surface area contributed by atoms with Crippen molar-refractivity contribution in [2.24, 2.45) is 5.92 Å². The molecule has 0 heterocycles. The van der Waals surface area contributed by atoms with Crippen molar-refractivity contribution >= 4 is 27.5 Å². The fraction of sp³-hybridized carbons (Fsp3) is 0.355. The molecular formula is C31H38FN3O4S. The Morgan fingerprint density at radius 2 is 1.57 bits per heavy atom. The standard InChI is InChI=1S/C31H38FN3O4S/c1-6-29(31(37)33-19-22(2)3)34(20-25-13-15-26(32)16-14-25)30(36)21-35(27-17-12-23(4)24(5)18-27)40(38,39)28-10-8-7-9-11-28/h7-18,22,29H,6,19-21H2,1-5H3,(H,33,37)/t29-/m0/s1. The molecule has 3 aromatic rings. The maximum absolute atomic E-state index is 14.0. The van der Waals surface area contributed by atoms with E-state index in [0.717, 1.165) is 15.4 Å². The van der Waals surface area contributed by atoms with Gasteiger partial charge in [-0.1, -0.05) is 57.2 Å². The summed E-state index contributed by atoms with van der Waals surface area (Å²) in [5.74, 6) is -1.08. The molecule has 0 saturated carbocycles. The molecule has 7 nitrogen and oxygen atoms in total. The molecule has 0 spiro atoms. The smallest absolute Gasteiger partial charge is 0.264 e. The Morgan fingerprint density at radius 3 is 2.15 bits per heavy atom. The van der Waals surface area contributed by atoms with E-state index in [4.69, 9.17) is 0 Å². The van der Waals surface area contributed by atoms with Gasteiger partial charge in [0.05, 0.1) is 10.6 Å². The second-order valence-electron chi connectivity index (χ2n) is 10.3. The highest BCUT2D eigenvalue weighted by Gasteiger charge is 2.33. The first kappa shape index (κ1) is 30.8. The lowest BCUT2D eigenvalue weighted by Gasteiger charge is -2.33. The van der Waals surface area contributed by atoms with Crippen LogP contribution in [0.5, 0.6) is 0 Å². The molecule has 1 N–H and O–H groups in total. The highest BCUT2D eigenvalue weighted by Crippen LogP contribution is 2.26. The summed E-state index contributed by atoms with van der Waals surface area (Å²) in [6, 6.07) is 18.0. The third-order valence-electron chi connectivity index (χ3n) is 6.73. The normalized spacial score (nSPS) is 12.2. The third kappa shape index (κ3) is 7.69. The lowest BCUT2D eigenvalue weighted by Crippen LogP contribution is -2.52. The number of nitrogens with one attached hydrogen (secondary N) is 1. The van der Waals surface area contributed by atoms with Gasteiger partial charge in [0, 0.05) is 13.1 Å². The summed E-state index contributed by atoms with van der Waals surface area (Å²) in [7, 11) is -4.13. The minimum absolute atomic E-state index is 0.0128. The van der Waals surface area contributed by atoms with Gasteiger partial charge in [-0.05, 0) is 79.3 Å². The Balaban J connectivity index is 2.05. The summed E-state index contributed by atoms with van der Waals surface area (Å²) in [6.07, 6.45) is 0.311. The number of anilines is 1. The van der Waals surface area contributed by atoms with Crippen molar-refractivity contribution in [2.75, 3.05) is 17.4 Å². The molecule has 0 aromatic heterocycles. The van der Waals surface area contributed by atoms with Gasteiger partial charge in [0.2, 0.25) is 11.8 Å².